The summed E-state index contributed by atoms with van der Waals surface area (Å²) in [4.78, 5) is 11.6. The minimum atomic E-state index is -0.485. The zero-order chi connectivity index (χ0) is 15.2. The van der Waals surface area contributed by atoms with Crippen molar-refractivity contribution < 1.29 is 9.53 Å². The van der Waals surface area contributed by atoms with Crippen molar-refractivity contribution in [3.63, 3.8) is 0 Å². The van der Waals surface area contributed by atoms with Gasteiger partial charge in [-0.15, -0.1) is 0 Å². The molecule has 1 aromatic carbocycles. The van der Waals surface area contributed by atoms with Crippen molar-refractivity contribution in [1.29, 1.82) is 0 Å². The third-order valence-electron chi connectivity index (χ3n) is 2.89. The van der Waals surface area contributed by atoms with Crippen LogP contribution in [-0.4, -0.2) is 17.7 Å². The molecule has 0 aliphatic carbocycles. The summed E-state index contributed by atoms with van der Waals surface area (Å²) >= 11 is 0. The zero-order valence-electron chi connectivity index (χ0n) is 13.1. The standard InChI is InChI=1S/C16H26N2O2/c1-6-12(7-2)17-13-8-10-14(11-9-13)18-15(19)20-16(3,4)5/h8-12,17H,6-7H2,1-5H3,(H,18,19). The lowest BCUT2D eigenvalue weighted by Gasteiger charge is -2.20. The molecule has 0 spiro atoms. The van der Waals surface area contributed by atoms with E-state index in [4.69, 9.17) is 4.74 Å². The van der Waals surface area contributed by atoms with Gasteiger partial charge in [-0.25, -0.2) is 4.79 Å². The molecule has 0 bridgehead atoms. The lowest BCUT2D eigenvalue weighted by atomic mass is 10.1. The highest BCUT2D eigenvalue weighted by molar-refractivity contribution is 5.85. The molecule has 4 nitrogen and oxygen atoms in total. The Bertz CT molecular complexity index is 417. The molecule has 0 saturated heterocycles. The summed E-state index contributed by atoms with van der Waals surface area (Å²) in [5.41, 5.74) is 1.31. The van der Waals surface area contributed by atoms with Crippen LogP contribution in [0.2, 0.25) is 0 Å². The van der Waals surface area contributed by atoms with Crippen LogP contribution in [0.1, 0.15) is 47.5 Å². The number of amides is 1. The molecule has 0 aliphatic heterocycles. The number of carbonyl (C=O) groups excluding carboxylic acids is 1. The number of rotatable bonds is 5. The summed E-state index contributed by atoms with van der Waals surface area (Å²) in [6, 6.07) is 8.15. The Kier molecular flexibility index (Phi) is 5.86. The van der Waals surface area contributed by atoms with Crippen LogP contribution in [0.3, 0.4) is 0 Å². The number of hydrogen-bond acceptors (Lipinski definition) is 3. The van der Waals surface area contributed by atoms with E-state index in [1.165, 1.54) is 0 Å². The van der Waals surface area contributed by atoms with Gasteiger partial charge in [0.05, 0.1) is 0 Å². The predicted octanol–water partition coefficient (Wildman–Crippen LogP) is 4.63. The summed E-state index contributed by atoms with van der Waals surface area (Å²) in [7, 11) is 0. The van der Waals surface area contributed by atoms with Gasteiger partial charge in [-0.2, -0.15) is 0 Å². The molecule has 0 radical (unpaired) electrons. The molecule has 0 atom stereocenters. The first-order valence-electron chi connectivity index (χ1n) is 7.20. The minimum absolute atomic E-state index is 0.432. The fourth-order valence-electron chi connectivity index (χ4n) is 1.80. The van der Waals surface area contributed by atoms with Gasteiger partial charge in [0.15, 0.2) is 0 Å². The molecule has 0 aliphatic rings. The number of nitrogens with one attached hydrogen (secondary N) is 2. The summed E-state index contributed by atoms with van der Waals surface area (Å²) in [5.74, 6) is 0. The third-order valence-corrected chi connectivity index (χ3v) is 2.89. The van der Waals surface area contributed by atoms with E-state index < -0.39 is 11.7 Å². The van der Waals surface area contributed by atoms with E-state index in [-0.39, 0.29) is 0 Å². The van der Waals surface area contributed by atoms with Crippen LogP contribution in [-0.2, 0) is 4.74 Å². The Morgan fingerprint density at radius 1 is 1.10 bits per heavy atom. The Labute approximate surface area is 121 Å². The van der Waals surface area contributed by atoms with Gasteiger partial charge in [-0.1, -0.05) is 13.8 Å². The van der Waals surface area contributed by atoms with Crippen molar-refractivity contribution >= 4 is 17.5 Å². The van der Waals surface area contributed by atoms with E-state index in [1.807, 2.05) is 45.0 Å². The number of hydrogen-bond donors (Lipinski definition) is 2. The lowest BCUT2D eigenvalue weighted by molar-refractivity contribution is 0.0636. The maximum absolute atomic E-state index is 11.6. The first-order chi connectivity index (χ1) is 9.34. The molecule has 4 heteroatoms. The van der Waals surface area contributed by atoms with Gasteiger partial charge in [0.25, 0.3) is 0 Å². The first kappa shape index (κ1) is 16.3. The number of carbonyl (C=O) groups is 1. The van der Waals surface area contributed by atoms with Crippen molar-refractivity contribution in [3.05, 3.63) is 24.3 Å². The molecule has 20 heavy (non-hydrogen) atoms. The topological polar surface area (TPSA) is 50.4 Å². The van der Waals surface area contributed by atoms with E-state index in [1.54, 1.807) is 0 Å². The van der Waals surface area contributed by atoms with Crippen LogP contribution < -0.4 is 10.6 Å². The zero-order valence-corrected chi connectivity index (χ0v) is 13.1. The van der Waals surface area contributed by atoms with Crippen LogP contribution in [0.4, 0.5) is 16.2 Å². The van der Waals surface area contributed by atoms with Gasteiger partial charge in [-0.05, 0) is 57.9 Å². The summed E-state index contributed by atoms with van der Waals surface area (Å²) in [5, 5.41) is 6.17. The monoisotopic (exact) mass is 278 g/mol. The van der Waals surface area contributed by atoms with E-state index in [9.17, 15) is 4.79 Å². The number of anilines is 2. The van der Waals surface area contributed by atoms with Crippen molar-refractivity contribution in [2.24, 2.45) is 0 Å². The Morgan fingerprint density at radius 2 is 1.60 bits per heavy atom. The van der Waals surface area contributed by atoms with Crippen LogP contribution >= 0.6 is 0 Å². The van der Waals surface area contributed by atoms with Gasteiger partial charge in [0.2, 0.25) is 0 Å². The molecule has 1 aromatic rings. The van der Waals surface area contributed by atoms with E-state index in [2.05, 4.69) is 24.5 Å². The van der Waals surface area contributed by atoms with Crippen molar-refractivity contribution in [3.8, 4) is 0 Å². The molecular formula is C16H26N2O2. The SMILES string of the molecule is CCC(CC)Nc1ccc(NC(=O)OC(C)(C)C)cc1. The number of ether oxygens (including phenoxy) is 1. The minimum Gasteiger partial charge on any atom is -0.444 e. The van der Waals surface area contributed by atoms with Crippen molar-refractivity contribution in [2.45, 2.75) is 59.1 Å². The maximum Gasteiger partial charge on any atom is 0.412 e. The van der Waals surface area contributed by atoms with Gasteiger partial charge < -0.3 is 10.1 Å². The quantitative estimate of drug-likeness (QED) is 0.825. The first-order valence-corrected chi connectivity index (χ1v) is 7.20. The normalized spacial score (nSPS) is 11.3. The van der Waals surface area contributed by atoms with E-state index >= 15 is 0 Å². The molecule has 2 N–H and O–H groups in total. The van der Waals surface area contributed by atoms with Gasteiger partial charge >= 0.3 is 6.09 Å². The van der Waals surface area contributed by atoms with Crippen LogP contribution in [0.25, 0.3) is 0 Å². The van der Waals surface area contributed by atoms with E-state index in [0.29, 0.717) is 6.04 Å². The molecule has 1 amide bonds. The predicted molar refractivity (Wildman–Crippen MR) is 84.3 cm³/mol. The highest BCUT2D eigenvalue weighted by Crippen LogP contribution is 2.17. The fourth-order valence-corrected chi connectivity index (χ4v) is 1.80. The third kappa shape index (κ3) is 5.95. The van der Waals surface area contributed by atoms with Gasteiger partial charge in [0, 0.05) is 17.4 Å². The average molecular weight is 278 g/mol. The van der Waals surface area contributed by atoms with Gasteiger partial charge in [-0.3, -0.25) is 5.32 Å². The molecular weight excluding hydrogens is 252 g/mol. The van der Waals surface area contributed by atoms with Crippen LogP contribution in [0.5, 0.6) is 0 Å². The molecule has 1 rings (SSSR count). The largest absolute Gasteiger partial charge is 0.444 e. The lowest BCUT2D eigenvalue weighted by Crippen LogP contribution is -2.27. The fraction of sp³-hybridized carbons (Fsp3) is 0.562. The average Bonchev–Trinajstić information content (AvgIpc) is 2.35. The second kappa shape index (κ2) is 7.17. The van der Waals surface area contributed by atoms with Crippen molar-refractivity contribution in [2.75, 3.05) is 10.6 Å². The molecule has 0 fully saturated rings. The Morgan fingerprint density at radius 3 is 2.05 bits per heavy atom. The summed E-state index contributed by atoms with van der Waals surface area (Å²) < 4.78 is 5.21. The highest BCUT2D eigenvalue weighted by Gasteiger charge is 2.16. The Balaban J connectivity index is 2.56. The smallest absolute Gasteiger partial charge is 0.412 e. The second-order valence-electron chi connectivity index (χ2n) is 5.86. The molecule has 0 heterocycles. The van der Waals surface area contributed by atoms with Crippen molar-refractivity contribution in [1.82, 2.24) is 0 Å². The van der Waals surface area contributed by atoms with Crippen LogP contribution in [0.15, 0.2) is 24.3 Å². The second-order valence-corrected chi connectivity index (χ2v) is 5.86. The molecule has 112 valence electrons. The molecule has 0 unspecified atom stereocenters. The summed E-state index contributed by atoms with van der Waals surface area (Å²) in [6.45, 7) is 9.86. The summed E-state index contributed by atoms with van der Waals surface area (Å²) in [6.07, 6.45) is 1.75. The molecule has 0 aromatic heterocycles. The maximum atomic E-state index is 11.6. The Hall–Kier alpha value is -1.71. The number of benzene rings is 1. The highest BCUT2D eigenvalue weighted by atomic mass is 16.6. The van der Waals surface area contributed by atoms with Gasteiger partial charge in [0.1, 0.15) is 5.60 Å². The van der Waals surface area contributed by atoms with E-state index in [0.717, 1.165) is 24.2 Å². The molecule has 0 saturated carbocycles. The van der Waals surface area contributed by atoms with Crippen LogP contribution in [0, 0.1) is 0 Å².